The number of aliphatic hydroxyl groups excluding tert-OH is 1. The Morgan fingerprint density at radius 3 is 2.68 bits per heavy atom. The molecule has 0 bridgehead atoms. The average Bonchev–Trinajstić information content (AvgIpc) is 3.28. The summed E-state index contributed by atoms with van der Waals surface area (Å²) in [5, 5.41) is 17.1. The van der Waals surface area contributed by atoms with Gasteiger partial charge in [0.05, 0.1) is 6.10 Å². The lowest BCUT2D eigenvalue weighted by Crippen LogP contribution is -2.62. The smallest absolute Gasteiger partial charge is 0.157 e. The van der Waals surface area contributed by atoms with Crippen LogP contribution in [0.4, 0.5) is 0 Å². The van der Waals surface area contributed by atoms with Gasteiger partial charge in [0.1, 0.15) is 5.54 Å². The maximum atomic E-state index is 13.1. The third-order valence-electron chi connectivity index (χ3n) is 9.94. The summed E-state index contributed by atoms with van der Waals surface area (Å²) in [6.07, 6.45) is 13.9. The van der Waals surface area contributed by atoms with Gasteiger partial charge in [0.25, 0.3) is 0 Å². The van der Waals surface area contributed by atoms with Gasteiger partial charge < -0.3 is 5.11 Å². The summed E-state index contributed by atoms with van der Waals surface area (Å²) in [5.74, 6) is 2.32. The number of hydrazone groups is 1. The van der Waals surface area contributed by atoms with Crippen LogP contribution in [0.15, 0.2) is 16.8 Å². The van der Waals surface area contributed by atoms with E-state index in [1.165, 1.54) is 12.0 Å². The van der Waals surface area contributed by atoms with Gasteiger partial charge in [-0.15, -0.1) is 0 Å². The Bertz CT molecular complexity index is 745. The van der Waals surface area contributed by atoms with Crippen molar-refractivity contribution in [3.63, 3.8) is 0 Å². The van der Waals surface area contributed by atoms with Crippen LogP contribution in [0, 0.1) is 28.6 Å². The van der Waals surface area contributed by atoms with E-state index in [-0.39, 0.29) is 16.9 Å². The second kappa shape index (κ2) is 6.17. The zero-order chi connectivity index (χ0) is 19.7. The van der Waals surface area contributed by atoms with Gasteiger partial charge in [-0.3, -0.25) is 9.80 Å². The molecule has 0 aromatic carbocycles. The van der Waals surface area contributed by atoms with E-state index in [0.29, 0.717) is 23.5 Å². The summed E-state index contributed by atoms with van der Waals surface area (Å²) in [6.45, 7) is 7.61. The quantitative estimate of drug-likeness (QED) is 0.721. The summed E-state index contributed by atoms with van der Waals surface area (Å²) in [6, 6.07) is 0. The molecule has 1 N–H and O–H groups in total. The largest absolute Gasteiger partial charge is 0.393 e. The van der Waals surface area contributed by atoms with Gasteiger partial charge in [0.15, 0.2) is 5.78 Å². The van der Waals surface area contributed by atoms with Crippen LogP contribution in [0.3, 0.4) is 0 Å². The van der Waals surface area contributed by atoms with Crippen molar-refractivity contribution in [1.29, 1.82) is 0 Å². The first-order valence-corrected chi connectivity index (χ1v) is 11.5. The molecule has 5 rings (SSSR count). The number of Topliss-reactive ketones (excluding diaryl/α,β-unsaturated/α-hetero) is 1. The third kappa shape index (κ3) is 2.21. The Morgan fingerprint density at radius 1 is 1.18 bits per heavy atom. The molecular formula is C24H36N2O2. The fourth-order valence-corrected chi connectivity index (χ4v) is 8.53. The van der Waals surface area contributed by atoms with E-state index in [9.17, 15) is 9.90 Å². The zero-order valence-corrected chi connectivity index (χ0v) is 17.8. The Balaban J connectivity index is 1.52. The van der Waals surface area contributed by atoms with Crippen LogP contribution in [0.25, 0.3) is 0 Å². The maximum absolute atomic E-state index is 13.1. The van der Waals surface area contributed by atoms with Crippen molar-refractivity contribution in [2.24, 2.45) is 33.7 Å². The lowest BCUT2D eigenvalue weighted by Gasteiger charge is -2.60. The van der Waals surface area contributed by atoms with Gasteiger partial charge in [-0.1, -0.05) is 25.5 Å². The SMILES string of the molecule is CC(=O)[C@]1(N2CCC=N2)CCC2C3CC=C4C[C@@H](O)CC[C@]4(C)C3CC[C@@]21C. The van der Waals surface area contributed by atoms with E-state index < -0.39 is 5.54 Å². The number of allylic oxidation sites excluding steroid dienone is 1. The molecule has 4 nitrogen and oxygen atoms in total. The van der Waals surface area contributed by atoms with E-state index in [1.54, 1.807) is 0 Å². The van der Waals surface area contributed by atoms with Gasteiger partial charge in [0.2, 0.25) is 0 Å². The van der Waals surface area contributed by atoms with Crippen LogP contribution in [0.2, 0.25) is 0 Å². The normalized spacial score (nSPS) is 50.0. The fraction of sp³-hybridized carbons (Fsp3) is 0.833. The first kappa shape index (κ1) is 18.8. The molecule has 0 saturated heterocycles. The molecule has 4 aliphatic carbocycles. The number of carbonyl (C=O) groups is 1. The second-order valence-electron chi connectivity index (χ2n) is 10.8. The van der Waals surface area contributed by atoms with Crippen molar-refractivity contribution in [3.05, 3.63) is 11.6 Å². The summed E-state index contributed by atoms with van der Waals surface area (Å²) >= 11 is 0. The van der Waals surface area contributed by atoms with Gasteiger partial charge >= 0.3 is 0 Å². The Labute approximate surface area is 169 Å². The molecule has 0 amide bonds. The molecule has 0 aromatic heterocycles. The molecule has 28 heavy (non-hydrogen) atoms. The number of ketones is 1. The van der Waals surface area contributed by atoms with E-state index in [1.807, 2.05) is 13.1 Å². The molecule has 154 valence electrons. The molecule has 0 aromatic rings. The Hall–Kier alpha value is -1.16. The number of hydrogen-bond acceptors (Lipinski definition) is 4. The van der Waals surface area contributed by atoms with Gasteiger partial charge in [0, 0.05) is 24.6 Å². The summed E-state index contributed by atoms with van der Waals surface area (Å²) < 4.78 is 0. The van der Waals surface area contributed by atoms with Crippen LogP contribution in [-0.2, 0) is 4.79 Å². The lowest BCUT2D eigenvalue weighted by atomic mass is 9.46. The van der Waals surface area contributed by atoms with Crippen molar-refractivity contribution in [2.45, 2.75) is 90.2 Å². The minimum atomic E-state index is -0.400. The lowest BCUT2D eigenvalue weighted by molar-refractivity contribution is -0.145. The van der Waals surface area contributed by atoms with Crippen molar-refractivity contribution >= 4 is 12.0 Å². The minimum Gasteiger partial charge on any atom is -0.393 e. The first-order valence-electron chi connectivity index (χ1n) is 11.5. The summed E-state index contributed by atoms with van der Waals surface area (Å²) in [5.41, 5.74) is 1.41. The molecule has 7 atom stereocenters. The number of nitrogens with zero attached hydrogens (tertiary/aromatic N) is 2. The highest BCUT2D eigenvalue weighted by Gasteiger charge is 2.67. The highest BCUT2D eigenvalue weighted by atomic mass is 16.3. The van der Waals surface area contributed by atoms with Crippen molar-refractivity contribution in [1.82, 2.24) is 5.01 Å². The number of aliphatic hydroxyl groups is 1. The number of fused-ring (bicyclic) bond motifs is 5. The van der Waals surface area contributed by atoms with Crippen LogP contribution >= 0.6 is 0 Å². The minimum absolute atomic E-state index is 0.0254. The molecule has 0 radical (unpaired) electrons. The number of carbonyl (C=O) groups excluding carboxylic acids is 1. The topological polar surface area (TPSA) is 52.9 Å². The first-order chi connectivity index (χ1) is 13.3. The Kier molecular flexibility index (Phi) is 4.15. The molecule has 0 spiro atoms. The highest BCUT2D eigenvalue weighted by molar-refractivity contribution is 5.88. The monoisotopic (exact) mass is 384 g/mol. The van der Waals surface area contributed by atoms with E-state index >= 15 is 0 Å². The van der Waals surface area contributed by atoms with Crippen LogP contribution in [0.5, 0.6) is 0 Å². The van der Waals surface area contributed by atoms with E-state index in [0.717, 1.165) is 57.9 Å². The standard InChI is InChI=1S/C24H36N2O2/c1-16(27)24(26-14-4-13-25-26)12-9-21-19-6-5-17-15-18(28)7-10-22(17,2)20(19)8-11-23(21,24)3/h5,13,18-21,28H,4,6-12,14-15H2,1-3H3/t18-,19?,20?,21?,22-,23-,24+/m0/s1. The fourth-order valence-electron chi connectivity index (χ4n) is 8.53. The number of hydrogen-bond donors (Lipinski definition) is 1. The molecule has 3 saturated carbocycles. The third-order valence-corrected chi connectivity index (χ3v) is 9.94. The predicted molar refractivity (Wildman–Crippen MR) is 111 cm³/mol. The predicted octanol–water partition coefficient (Wildman–Crippen LogP) is 4.33. The molecule has 1 heterocycles. The van der Waals surface area contributed by atoms with Crippen LogP contribution in [-0.4, -0.2) is 40.3 Å². The Morgan fingerprint density at radius 2 is 1.96 bits per heavy atom. The molecule has 5 aliphatic rings. The van der Waals surface area contributed by atoms with Crippen molar-refractivity contribution < 1.29 is 9.90 Å². The molecule has 3 unspecified atom stereocenters. The van der Waals surface area contributed by atoms with Crippen LogP contribution < -0.4 is 0 Å². The van der Waals surface area contributed by atoms with Crippen LogP contribution in [0.1, 0.15) is 78.6 Å². The zero-order valence-electron chi connectivity index (χ0n) is 17.8. The van der Waals surface area contributed by atoms with Gasteiger partial charge in [-0.25, -0.2) is 0 Å². The molecule has 3 fully saturated rings. The second-order valence-corrected chi connectivity index (χ2v) is 10.8. The number of rotatable bonds is 2. The van der Waals surface area contributed by atoms with Gasteiger partial charge in [-0.2, -0.15) is 5.10 Å². The maximum Gasteiger partial charge on any atom is 0.157 e. The van der Waals surface area contributed by atoms with E-state index in [4.69, 9.17) is 0 Å². The molecular weight excluding hydrogens is 348 g/mol. The highest BCUT2D eigenvalue weighted by Crippen LogP contribution is 2.68. The molecule has 1 aliphatic heterocycles. The van der Waals surface area contributed by atoms with Crippen molar-refractivity contribution in [2.75, 3.05) is 6.54 Å². The summed E-state index contributed by atoms with van der Waals surface area (Å²) in [7, 11) is 0. The van der Waals surface area contributed by atoms with Gasteiger partial charge in [-0.05, 0) is 81.5 Å². The van der Waals surface area contributed by atoms with Crippen molar-refractivity contribution in [3.8, 4) is 0 Å². The summed E-state index contributed by atoms with van der Waals surface area (Å²) in [4.78, 5) is 13.1. The van der Waals surface area contributed by atoms with E-state index in [2.05, 4.69) is 30.0 Å². The average molecular weight is 385 g/mol. The molecule has 4 heteroatoms.